The largest absolute Gasteiger partial charge is 0.284 e. The van der Waals surface area contributed by atoms with E-state index >= 15 is 0 Å². The minimum atomic E-state index is -3.74. The van der Waals surface area contributed by atoms with Crippen LogP contribution < -0.4 is 9.44 Å². The molecule has 0 aromatic heterocycles. The Morgan fingerprint density at radius 3 is 2.00 bits per heavy atom. The molecule has 0 atom stereocenters. The van der Waals surface area contributed by atoms with E-state index in [0.717, 1.165) is 11.8 Å². The van der Waals surface area contributed by atoms with Gasteiger partial charge < -0.3 is 0 Å². The van der Waals surface area contributed by atoms with E-state index in [2.05, 4.69) is 9.44 Å². The van der Waals surface area contributed by atoms with Crippen LogP contribution >= 0.6 is 0 Å². The van der Waals surface area contributed by atoms with Gasteiger partial charge in [0.1, 0.15) is 0 Å². The van der Waals surface area contributed by atoms with Crippen LogP contribution in [0.1, 0.15) is 11.1 Å². The number of anilines is 2. The summed E-state index contributed by atoms with van der Waals surface area (Å²) in [5.41, 5.74) is 2.25. The van der Waals surface area contributed by atoms with Gasteiger partial charge in [-0.2, -0.15) is 0 Å². The van der Waals surface area contributed by atoms with Gasteiger partial charge in [0.2, 0.25) is 10.0 Å². The van der Waals surface area contributed by atoms with Crippen molar-refractivity contribution < 1.29 is 16.8 Å². The van der Waals surface area contributed by atoms with E-state index in [4.69, 9.17) is 0 Å². The Labute approximate surface area is 136 Å². The average molecular weight is 354 g/mol. The fourth-order valence-corrected chi connectivity index (χ4v) is 3.61. The predicted molar refractivity (Wildman–Crippen MR) is 91.6 cm³/mol. The van der Waals surface area contributed by atoms with Crippen LogP contribution in [0.4, 0.5) is 11.4 Å². The van der Waals surface area contributed by atoms with Crippen molar-refractivity contribution in [2.24, 2.45) is 0 Å². The summed E-state index contributed by atoms with van der Waals surface area (Å²) >= 11 is 0. The molecular formula is C15H18N2O4S2. The minimum Gasteiger partial charge on any atom is -0.284 e. The molecule has 2 rings (SSSR count). The number of sulfonamides is 2. The Kier molecular flexibility index (Phi) is 4.67. The van der Waals surface area contributed by atoms with Crippen molar-refractivity contribution >= 4 is 31.4 Å². The Hall–Kier alpha value is -2.06. The highest BCUT2D eigenvalue weighted by atomic mass is 32.2. The summed E-state index contributed by atoms with van der Waals surface area (Å²) in [6, 6.07) is 11.1. The van der Waals surface area contributed by atoms with Crippen LogP contribution in [0.3, 0.4) is 0 Å². The summed E-state index contributed by atoms with van der Waals surface area (Å²) in [5, 5.41) is 0. The van der Waals surface area contributed by atoms with E-state index in [1.807, 2.05) is 6.92 Å². The monoisotopic (exact) mass is 354 g/mol. The lowest BCUT2D eigenvalue weighted by molar-refractivity contribution is 0.601. The van der Waals surface area contributed by atoms with Crippen molar-refractivity contribution in [2.75, 3.05) is 15.7 Å². The molecule has 124 valence electrons. The van der Waals surface area contributed by atoms with Crippen molar-refractivity contribution in [3.8, 4) is 0 Å². The molecule has 8 heteroatoms. The molecule has 0 unspecified atom stereocenters. The minimum absolute atomic E-state index is 0.143. The summed E-state index contributed by atoms with van der Waals surface area (Å²) in [6.07, 6.45) is 1.03. The highest BCUT2D eigenvalue weighted by Crippen LogP contribution is 2.24. The van der Waals surface area contributed by atoms with Gasteiger partial charge in [-0.15, -0.1) is 0 Å². The Bertz CT molecular complexity index is 918. The molecule has 0 aliphatic heterocycles. The maximum atomic E-state index is 12.4. The SMILES string of the molecule is Cc1ccc(S(=O)(=O)Nc2cc(NS(C)(=O)=O)ccc2C)cc1. The van der Waals surface area contributed by atoms with Gasteiger partial charge in [-0.25, -0.2) is 16.8 Å². The highest BCUT2D eigenvalue weighted by molar-refractivity contribution is 7.92. The molecule has 2 aromatic carbocycles. The van der Waals surface area contributed by atoms with E-state index in [9.17, 15) is 16.8 Å². The Balaban J connectivity index is 2.35. The molecule has 2 N–H and O–H groups in total. The van der Waals surface area contributed by atoms with Gasteiger partial charge in [0.25, 0.3) is 10.0 Å². The lowest BCUT2D eigenvalue weighted by Crippen LogP contribution is -2.15. The van der Waals surface area contributed by atoms with Gasteiger partial charge in [-0.1, -0.05) is 23.8 Å². The molecule has 0 amide bonds. The smallest absolute Gasteiger partial charge is 0.261 e. The number of aryl methyl sites for hydroxylation is 2. The maximum absolute atomic E-state index is 12.4. The lowest BCUT2D eigenvalue weighted by Gasteiger charge is -2.13. The predicted octanol–water partition coefficient (Wildman–Crippen LogP) is 2.48. The molecule has 0 fully saturated rings. The molecule has 0 aliphatic rings. The molecule has 0 bridgehead atoms. The third-order valence-electron chi connectivity index (χ3n) is 3.12. The number of hydrogen-bond acceptors (Lipinski definition) is 4. The van der Waals surface area contributed by atoms with Crippen LogP contribution in [0.5, 0.6) is 0 Å². The molecule has 23 heavy (non-hydrogen) atoms. The second kappa shape index (κ2) is 6.21. The first-order valence-corrected chi connectivity index (χ1v) is 10.1. The van der Waals surface area contributed by atoms with Crippen LogP contribution in [-0.4, -0.2) is 23.1 Å². The van der Waals surface area contributed by atoms with E-state index in [-0.39, 0.29) is 4.90 Å². The van der Waals surface area contributed by atoms with Gasteiger partial charge in [-0.05, 0) is 43.7 Å². The van der Waals surface area contributed by atoms with Gasteiger partial charge in [0.05, 0.1) is 22.5 Å². The van der Waals surface area contributed by atoms with Gasteiger partial charge in [0.15, 0.2) is 0 Å². The third-order valence-corrected chi connectivity index (χ3v) is 5.10. The summed E-state index contributed by atoms with van der Waals surface area (Å²) in [4.78, 5) is 0.143. The molecule has 0 saturated carbocycles. The normalized spacial score (nSPS) is 12.0. The van der Waals surface area contributed by atoms with E-state index in [0.29, 0.717) is 16.9 Å². The summed E-state index contributed by atoms with van der Waals surface area (Å²) < 4.78 is 52.2. The molecule has 0 saturated heterocycles. The maximum Gasteiger partial charge on any atom is 0.261 e. The molecule has 2 aromatic rings. The molecular weight excluding hydrogens is 336 g/mol. The van der Waals surface area contributed by atoms with Crippen molar-refractivity contribution in [1.82, 2.24) is 0 Å². The second-order valence-corrected chi connectivity index (χ2v) is 8.75. The summed E-state index contributed by atoms with van der Waals surface area (Å²) in [5.74, 6) is 0. The number of benzene rings is 2. The third kappa shape index (κ3) is 4.70. The van der Waals surface area contributed by atoms with Crippen molar-refractivity contribution in [1.29, 1.82) is 0 Å². The number of hydrogen-bond donors (Lipinski definition) is 2. The van der Waals surface area contributed by atoms with Crippen molar-refractivity contribution in [3.63, 3.8) is 0 Å². The zero-order valence-electron chi connectivity index (χ0n) is 13.0. The first-order chi connectivity index (χ1) is 10.6. The van der Waals surface area contributed by atoms with Crippen LogP contribution in [0, 0.1) is 13.8 Å². The van der Waals surface area contributed by atoms with E-state index < -0.39 is 20.0 Å². The number of rotatable bonds is 5. The molecule has 0 aliphatic carbocycles. The Morgan fingerprint density at radius 2 is 1.43 bits per heavy atom. The zero-order valence-corrected chi connectivity index (χ0v) is 14.6. The first kappa shape index (κ1) is 17.3. The number of nitrogens with one attached hydrogen (secondary N) is 2. The summed E-state index contributed by atoms with van der Waals surface area (Å²) in [7, 11) is -7.17. The van der Waals surface area contributed by atoms with E-state index in [1.54, 1.807) is 31.2 Å². The van der Waals surface area contributed by atoms with Gasteiger partial charge >= 0.3 is 0 Å². The van der Waals surface area contributed by atoms with Crippen LogP contribution in [-0.2, 0) is 20.0 Å². The molecule has 0 spiro atoms. The van der Waals surface area contributed by atoms with E-state index in [1.165, 1.54) is 18.2 Å². The fraction of sp³-hybridized carbons (Fsp3) is 0.200. The van der Waals surface area contributed by atoms with Crippen LogP contribution in [0.15, 0.2) is 47.4 Å². The van der Waals surface area contributed by atoms with Crippen molar-refractivity contribution in [3.05, 3.63) is 53.6 Å². The van der Waals surface area contributed by atoms with Crippen molar-refractivity contribution in [2.45, 2.75) is 18.7 Å². The summed E-state index contributed by atoms with van der Waals surface area (Å²) in [6.45, 7) is 3.60. The fourth-order valence-electron chi connectivity index (χ4n) is 1.93. The average Bonchev–Trinajstić information content (AvgIpc) is 2.41. The molecule has 0 radical (unpaired) electrons. The van der Waals surface area contributed by atoms with Crippen LogP contribution in [0.2, 0.25) is 0 Å². The lowest BCUT2D eigenvalue weighted by atomic mass is 10.2. The van der Waals surface area contributed by atoms with Crippen LogP contribution in [0.25, 0.3) is 0 Å². The molecule has 0 heterocycles. The van der Waals surface area contributed by atoms with Gasteiger partial charge in [-0.3, -0.25) is 9.44 Å². The topological polar surface area (TPSA) is 92.3 Å². The standard InChI is InChI=1S/C15H18N2O4S2/c1-11-4-8-14(9-5-11)23(20,21)17-15-10-13(7-6-12(15)2)16-22(3,18)19/h4-10,16-17H,1-3H3. The molecule has 6 nitrogen and oxygen atoms in total. The Morgan fingerprint density at radius 1 is 0.826 bits per heavy atom. The van der Waals surface area contributed by atoms with Gasteiger partial charge in [0, 0.05) is 0 Å². The highest BCUT2D eigenvalue weighted by Gasteiger charge is 2.15. The second-order valence-electron chi connectivity index (χ2n) is 5.32. The quantitative estimate of drug-likeness (QED) is 0.863. The first-order valence-electron chi connectivity index (χ1n) is 6.75. The zero-order chi connectivity index (χ0) is 17.3.